The summed E-state index contributed by atoms with van der Waals surface area (Å²) in [5.74, 6) is 0.993. The Bertz CT molecular complexity index is 358. The van der Waals surface area contributed by atoms with E-state index in [1.807, 2.05) is 6.07 Å². The highest BCUT2D eigenvalue weighted by atomic mass is 16.5. The maximum absolute atomic E-state index is 5.81. The molecule has 0 bridgehead atoms. The highest BCUT2D eigenvalue weighted by Crippen LogP contribution is 2.21. The van der Waals surface area contributed by atoms with Crippen molar-refractivity contribution in [1.82, 2.24) is 4.90 Å². The van der Waals surface area contributed by atoms with E-state index in [-0.39, 0.29) is 0 Å². The third-order valence-electron chi connectivity index (χ3n) is 3.90. The standard InChI is InChI=1S/C16H25NO/c1-14-7-6-10-16(13-14)18-12-11-17(2)15-8-4-3-5-9-15/h6-7,10,13,15H,3-5,8-9,11-12H2,1-2H3. The maximum Gasteiger partial charge on any atom is 0.119 e. The Kier molecular flexibility index (Phi) is 5.06. The van der Waals surface area contributed by atoms with Gasteiger partial charge in [0, 0.05) is 12.6 Å². The molecule has 0 heterocycles. The molecular weight excluding hydrogens is 222 g/mol. The zero-order valence-electron chi connectivity index (χ0n) is 11.7. The molecule has 0 atom stereocenters. The molecule has 0 aliphatic heterocycles. The zero-order valence-corrected chi connectivity index (χ0v) is 11.7. The Balaban J connectivity index is 1.71. The van der Waals surface area contributed by atoms with E-state index >= 15 is 0 Å². The van der Waals surface area contributed by atoms with Gasteiger partial charge in [0.05, 0.1) is 0 Å². The highest BCUT2D eigenvalue weighted by molar-refractivity contribution is 5.27. The second-order valence-electron chi connectivity index (χ2n) is 5.44. The van der Waals surface area contributed by atoms with Gasteiger partial charge in [-0.15, -0.1) is 0 Å². The van der Waals surface area contributed by atoms with E-state index in [1.165, 1.54) is 37.7 Å². The molecule has 1 aliphatic rings. The van der Waals surface area contributed by atoms with Crippen molar-refractivity contribution in [2.45, 2.75) is 45.1 Å². The van der Waals surface area contributed by atoms with Gasteiger partial charge in [-0.25, -0.2) is 0 Å². The van der Waals surface area contributed by atoms with Crippen LogP contribution in [0.15, 0.2) is 24.3 Å². The van der Waals surface area contributed by atoms with Crippen molar-refractivity contribution in [2.75, 3.05) is 20.2 Å². The highest BCUT2D eigenvalue weighted by Gasteiger charge is 2.17. The van der Waals surface area contributed by atoms with E-state index in [4.69, 9.17) is 4.74 Å². The predicted octanol–water partition coefficient (Wildman–Crippen LogP) is 3.64. The van der Waals surface area contributed by atoms with Gasteiger partial charge in [-0.05, 0) is 44.5 Å². The van der Waals surface area contributed by atoms with Crippen LogP contribution in [-0.2, 0) is 0 Å². The second kappa shape index (κ2) is 6.79. The first-order chi connectivity index (χ1) is 8.75. The van der Waals surface area contributed by atoms with Gasteiger partial charge in [0.2, 0.25) is 0 Å². The Morgan fingerprint density at radius 2 is 2.00 bits per heavy atom. The van der Waals surface area contributed by atoms with Gasteiger partial charge < -0.3 is 9.64 Å². The summed E-state index contributed by atoms with van der Waals surface area (Å²) in [4.78, 5) is 2.47. The van der Waals surface area contributed by atoms with Crippen LogP contribution in [0.2, 0.25) is 0 Å². The Morgan fingerprint density at radius 1 is 1.22 bits per heavy atom. The minimum atomic E-state index is 0.778. The number of ether oxygens (including phenoxy) is 1. The molecule has 1 fully saturated rings. The molecule has 0 N–H and O–H groups in total. The summed E-state index contributed by atoms with van der Waals surface area (Å²) in [6, 6.07) is 9.06. The first kappa shape index (κ1) is 13.4. The molecule has 18 heavy (non-hydrogen) atoms. The molecule has 1 aromatic rings. The van der Waals surface area contributed by atoms with Crippen LogP contribution in [0.5, 0.6) is 5.75 Å². The normalized spacial score (nSPS) is 17.1. The SMILES string of the molecule is Cc1cccc(OCCN(C)C2CCCCC2)c1. The minimum absolute atomic E-state index is 0.778. The van der Waals surface area contributed by atoms with Crippen LogP contribution in [0.4, 0.5) is 0 Å². The van der Waals surface area contributed by atoms with E-state index < -0.39 is 0 Å². The third kappa shape index (κ3) is 4.02. The smallest absolute Gasteiger partial charge is 0.119 e. The van der Waals surface area contributed by atoms with E-state index in [9.17, 15) is 0 Å². The molecule has 0 unspecified atom stereocenters. The molecule has 0 saturated heterocycles. The Labute approximate surface area is 111 Å². The molecule has 0 spiro atoms. The topological polar surface area (TPSA) is 12.5 Å². The molecule has 0 radical (unpaired) electrons. The average Bonchev–Trinajstić information content (AvgIpc) is 2.40. The number of likely N-dealkylation sites (N-methyl/N-ethyl adjacent to an activating group) is 1. The van der Waals surface area contributed by atoms with Crippen molar-refractivity contribution < 1.29 is 4.74 Å². The van der Waals surface area contributed by atoms with Crippen molar-refractivity contribution in [3.63, 3.8) is 0 Å². The van der Waals surface area contributed by atoms with E-state index in [2.05, 4.69) is 37.1 Å². The number of hydrogen-bond acceptors (Lipinski definition) is 2. The average molecular weight is 247 g/mol. The van der Waals surface area contributed by atoms with Crippen molar-refractivity contribution in [1.29, 1.82) is 0 Å². The molecule has 2 rings (SSSR count). The fourth-order valence-electron chi connectivity index (χ4n) is 2.72. The fourth-order valence-corrected chi connectivity index (χ4v) is 2.72. The van der Waals surface area contributed by atoms with Crippen LogP contribution < -0.4 is 4.74 Å². The van der Waals surface area contributed by atoms with Crippen molar-refractivity contribution >= 4 is 0 Å². The summed E-state index contributed by atoms with van der Waals surface area (Å²) in [6.07, 6.45) is 6.94. The van der Waals surface area contributed by atoms with Gasteiger partial charge in [-0.1, -0.05) is 31.4 Å². The van der Waals surface area contributed by atoms with Gasteiger partial charge in [0.1, 0.15) is 12.4 Å². The first-order valence-electron chi connectivity index (χ1n) is 7.15. The molecule has 1 aliphatic carbocycles. The molecule has 0 aromatic heterocycles. The Morgan fingerprint density at radius 3 is 2.72 bits per heavy atom. The molecule has 2 heteroatoms. The number of aryl methyl sites for hydroxylation is 1. The van der Waals surface area contributed by atoms with Crippen LogP contribution in [0.25, 0.3) is 0 Å². The third-order valence-corrected chi connectivity index (χ3v) is 3.90. The van der Waals surface area contributed by atoms with Crippen LogP contribution in [0.1, 0.15) is 37.7 Å². The lowest BCUT2D eigenvalue weighted by atomic mass is 9.94. The molecular formula is C16H25NO. The number of hydrogen-bond donors (Lipinski definition) is 0. The summed E-state index contributed by atoms with van der Waals surface area (Å²) in [7, 11) is 2.23. The van der Waals surface area contributed by atoms with Crippen LogP contribution >= 0.6 is 0 Å². The zero-order chi connectivity index (χ0) is 12.8. The van der Waals surface area contributed by atoms with Gasteiger partial charge in [0.15, 0.2) is 0 Å². The van der Waals surface area contributed by atoms with Crippen molar-refractivity contribution in [3.8, 4) is 5.75 Å². The second-order valence-corrected chi connectivity index (χ2v) is 5.44. The van der Waals surface area contributed by atoms with Crippen LogP contribution in [-0.4, -0.2) is 31.1 Å². The van der Waals surface area contributed by atoms with Crippen molar-refractivity contribution in [3.05, 3.63) is 29.8 Å². The van der Waals surface area contributed by atoms with E-state index in [1.54, 1.807) is 0 Å². The number of nitrogens with zero attached hydrogens (tertiary/aromatic N) is 1. The summed E-state index contributed by atoms with van der Waals surface area (Å²) in [5.41, 5.74) is 1.26. The summed E-state index contributed by atoms with van der Waals surface area (Å²) < 4.78 is 5.81. The number of benzene rings is 1. The van der Waals surface area contributed by atoms with E-state index in [0.717, 1.165) is 24.9 Å². The molecule has 2 nitrogen and oxygen atoms in total. The fraction of sp³-hybridized carbons (Fsp3) is 0.625. The van der Waals surface area contributed by atoms with Gasteiger partial charge in [-0.3, -0.25) is 0 Å². The van der Waals surface area contributed by atoms with Crippen LogP contribution in [0, 0.1) is 6.92 Å². The summed E-state index contributed by atoms with van der Waals surface area (Å²) in [6.45, 7) is 3.91. The quantitative estimate of drug-likeness (QED) is 0.787. The number of rotatable bonds is 5. The summed E-state index contributed by atoms with van der Waals surface area (Å²) in [5, 5.41) is 0. The van der Waals surface area contributed by atoms with Gasteiger partial charge >= 0.3 is 0 Å². The summed E-state index contributed by atoms with van der Waals surface area (Å²) >= 11 is 0. The lowest BCUT2D eigenvalue weighted by Crippen LogP contribution is -2.36. The Hall–Kier alpha value is -1.02. The molecule has 0 amide bonds. The largest absolute Gasteiger partial charge is 0.492 e. The van der Waals surface area contributed by atoms with Gasteiger partial charge in [-0.2, -0.15) is 0 Å². The first-order valence-corrected chi connectivity index (χ1v) is 7.15. The molecule has 1 saturated carbocycles. The van der Waals surface area contributed by atoms with Gasteiger partial charge in [0.25, 0.3) is 0 Å². The molecule has 1 aromatic carbocycles. The van der Waals surface area contributed by atoms with Crippen LogP contribution in [0.3, 0.4) is 0 Å². The van der Waals surface area contributed by atoms with E-state index in [0.29, 0.717) is 0 Å². The minimum Gasteiger partial charge on any atom is -0.492 e. The predicted molar refractivity (Wildman–Crippen MR) is 76.2 cm³/mol. The lowest BCUT2D eigenvalue weighted by Gasteiger charge is -2.31. The van der Waals surface area contributed by atoms with Crippen molar-refractivity contribution in [2.24, 2.45) is 0 Å². The maximum atomic E-state index is 5.81. The lowest BCUT2D eigenvalue weighted by molar-refractivity contribution is 0.160. The monoisotopic (exact) mass is 247 g/mol. The molecule has 100 valence electrons.